The molecule has 0 atom stereocenters. The van der Waals surface area contributed by atoms with Crippen LogP contribution >= 0.6 is 0 Å². The van der Waals surface area contributed by atoms with Gasteiger partial charge in [-0.3, -0.25) is 0 Å². The molecule has 1 fully saturated rings. The molecule has 1 aliphatic carbocycles. The molecule has 0 aromatic heterocycles. The first kappa shape index (κ1) is 12.7. The number of rotatable bonds is 2. The van der Waals surface area contributed by atoms with Gasteiger partial charge in [0.2, 0.25) is 0 Å². The van der Waals surface area contributed by atoms with Gasteiger partial charge >= 0.3 is 111 Å². The van der Waals surface area contributed by atoms with Gasteiger partial charge < -0.3 is 0 Å². The summed E-state index contributed by atoms with van der Waals surface area (Å²) < 4.78 is 1.44. The van der Waals surface area contributed by atoms with Gasteiger partial charge in [0.25, 0.3) is 0 Å². The molecule has 0 nitrogen and oxygen atoms in total. The second kappa shape index (κ2) is 6.90. The third kappa shape index (κ3) is 3.91. The average Bonchev–Trinajstić information content (AvgIpc) is 2.40. The zero-order valence-corrected chi connectivity index (χ0v) is 12.3. The van der Waals surface area contributed by atoms with Gasteiger partial charge in [-0.1, -0.05) is 0 Å². The van der Waals surface area contributed by atoms with Crippen molar-refractivity contribution in [3.05, 3.63) is 29.8 Å². The summed E-state index contributed by atoms with van der Waals surface area (Å²) >= 11 is 0.552. The first-order valence-electron chi connectivity index (χ1n) is 6.52. The van der Waals surface area contributed by atoms with E-state index in [2.05, 4.69) is 41.9 Å². The van der Waals surface area contributed by atoms with E-state index < -0.39 is 0 Å². The van der Waals surface area contributed by atoms with Crippen molar-refractivity contribution < 1.29 is 0 Å². The Kier molecular flexibility index (Phi) is 5.17. The van der Waals surface area contributed by atoms with Crippen LogP contribution in [0, 0.1) is 17.8 Å². The van der Waals surface area contributed by atoms with E-state index in [4.69, 9.17) is 0 Å². The third-order valence-electron chi connectivity index (χ3n) is 3.45. The molecule has 0 bridgehead atoms. The van der Waals surface area contributed by atoms with Gasteiger partial charge in [0.15, 0.2) is 0 Å². The van der Waals surface area contributed by atoms with Crippen molar-refractivity contribution in [3.63, 3.8) is 0 Å². The summed E-state index contributed by atoms with van der Waals surface area (Å²) in [6.07, 6.45) is 8.17. The van der Waals surface area contributed by atoms with E-state index in [0.29, 0.717) is 15.0 Å². The van der Waals surface area contributed by atoms with Crippen LogP contribution in [0.3, 0.4) is 0 Å². The van der Waals surface area contributed by atoms with Gasteiger partial charge in [0, 0.05) is 0 Å². The molecule has 0 spiro atoms. The van der Waals surface area contributed by atoms with Crippen LogP contribution in [0.15, 0.2) is 24.3 Å². The molecule has 17 heavy (non-hydrogen) atoms. The molecule has 1 aromatic carbocycles. The molecule has 0 amide bonds. The third-order valence-corrected chi connectivity index (χ3v) is 5.12. The first-order valence-corrected chi connectivity index (χ1v) is 9.09. The van der Waals surface area contributed by atoms with Crippen LogP contribution in [0.1, 0.15) is 44.1 Å². The SMILES string of the molecule is C[Se]c1ccccc1C#CCC1CCCCC1. The summed E-state index contributed by atoms with van der Waals surface area (Å²) in [5, 5.41) is 0. The fraction of sp³-hybridized carbons (Fsp3) is 0.500. The Morgan fingerprint density at radius 1 is 1.18 bits per heavy atom. The fourth-order valence-electron chi connectivity index (χ4n) is 2.43. The van der Waals surface area contributed by atoms with E-state index in [1.807, 2.05) is 0 Å². The molecule has 0 aliphatic heterocycles. The summed E-state index contributed by atoms with van der Waals surface area (Å²) in [6, 6.07) is 8.59. The van der Waals surface area contributed by atoms with Crippen molar-refractivity contribution in [1.29, 1.82) is 0 Å². The molecule has 0 radical (unpaired) electrons. The van der Waals surface area contributed by atoms with E-state index in [1.165, 1.54) is 42.1 Å². The number of hydrogen-bond acceptors (Lipinski definition) is 0. The Labute approximate surface area is 111 Å². The topological polar surface area (TPSA) is 0 Å². The monoisotopic (exact) mass is 292 g/mol. The fourth-order valence-corrected chi connectivity index (χ4v) is 3.59. The van der Waals surface area contributed by atoms with Crippen LogP contribution in [0.4, 0.5) is 0 Å². The zero-order valence-electron chi connectivity index (χ0n) is 10.5. The Bertz CT molecular complexity index is 405. The standard InChI is InChI=1S/C16H20Se/c1-17-16-13-6-5-11-15(16)12-7-10-14-8-3-2-4-9-14/h5-6,11,13-14H,2-4,8-10H2,1H3. The minimum atomic E-state index is 0.552. The molecule has 90 valence electrons. The van der Waals surface area contributed by atoms with E-state index in [0.717, 1.165) is 12.3 Å². The molecule has 1 saturated carbocycles. The predicted molar refractivity (Wildman–Crippen MR) is 75.8 cm³/mol. The number of benzene rings is 1. The molecule has 1 aliphatic rings. The maximum atomic E-state index is 3.41. The van der Waals surface area contributed by atoms with Crippen LogP contribution in [-0.2, 0) is 0 Å². The molecule has 1 aromatic rings. The summed E-state index contributed by atoms with van der Waals surface area (Å²) in [5.74, 6) is 9.91. The second-order valence-electron chi connectivity index (χ2n) is 4.71. The molecular formula is C16H20Se. The van der Waals surface area contributed by atoms with E-state index in [-0.39, 0.29) is 0 Å². The average molecular weight is 291 g/mol. The maximum absolute atomic E-state index is 3.41. The normalized spacial score (nSPS) is 16.3. The van der Waals surface area contributed by atoms with E-state index >= 15 is 0 Å². The quantitative estimate of drug-likeness (QED) is 0.579. The van der Waals surface area contributed by atoms with Crippen LogP contribution in [-0.4, -0.2) is 15.0 Å². The Hall–Kier alpha value is -0.701. The van der Waals surface area contributed by atoms with Crippen molar-refractivity contribution in [1.82, 2.24) is 0 Å². The zero-order chi connectivity index (χ0) is 11.9. The molecule has 0 heterocycles. The van der Waals surface area contributed by atoms with Gasteiger partial charge in [-0.15, -0.1) is 0 Å². The first-order chi connectivity index (χ1) is 8.40. The molecule has 0 N–H and O–H groups in total. The van der Waals surface area contributed by atoms with Gasteiger partial charge in [-0.05, 0) is 0 Å². The van der Waals surface area contributed by atoms with Crippen LogP contribution < -0.4 is 4.46 Å². The predicted octanol–water partition coefficient (Wildman–Crippen LogP) is 3.39. The Balaban J connectivity index is 1.95. The van der Waals surface area contributed by atoms with Crippen molar-refractivity contribution in [2.45, 2.75) is 44.3 Å². The molecular weight excluding hydrogens is 271 g/mol. The van der Waals surface area contributed by atoms with Crippen molar-refractivity contribution in [2.24, 2.45) is 5.92 Å². The van der Waals surface area contributed by atoms with Crippen molar-refractivity contribution in [2.75, 3.05) is 0 Å². The van der Waals surface area contributed by atoms with Crippen LogP contribution in [0.25, 0.3) is 0 Å². The van der Waals surface area contributed by atoms with E-state index in [9.17, 15) is 0 Å². The van der Waals surface area contributed by atoms with Gasteiger partial charge in [0.05, 0.1) is 0 Å². The minimum absolute atomic E-state index is 0.552. The van der Waals surface area contributed by atoms with Gasteiger partial charge in [0.1, 0.15) is 0 Å². The van der Waals surface area contributed by atoms with Crippen molar-refractivity contribution >= 4 is 19.4 Å². The van der Waals surface area contributed by atoms with Crippen LogP contribution in [0.5, 0.6) is 0 Å². The Morgan fingerprint density at radius 3 is 2.71 bits per heavy atom. The van der Waals surface area contributed by atoms with Crippen LogP contribution in [0.2, 0.25) is 5.82 Å². The summed E-state index contributed by atoms with van der Waals surface area (Å²) in [6.45, 7) is 0. The van der Waals surface area contributed by atoms with Gasteiger partial charge in [-0.2, -0.15) is 0 Å². The summed E-state index contributed by atoms with van der Waals surface area (Å²) in [7, 11) is 0. The van der Waals surface area contributed by atoms with E-state index in [1.54, 1.807) is 0 Å². The summed E-state index contributed by atoms with van der Waals surface area (Å²) in [4.78, 5) is 0. The Morgan fingerprint density at radius 2 is 1.94 bits per heavy atom. The molecule has 2 rings (SSSR count). The van der Waals surface area contributed by atoms with Gasteiger partial charge in [-0.25, -0.2) is 0 Å². The molecule has 1 heteroatoms. The number of hydrogen-bond donors (Lipinski definition) is 0. The summed E-state index contributed by atoms with van der Waals surface area (Å²) in [5.41, 5.74) is 1.26. The molecule has 0 unspecified atom stereocenters. The molecule has 0 saturated heterocycles. The van der Waals surface area contributed by atoms with Crippen molar-refractivity contribution in [3.8, 4) is 11.8 Å². The second-order valence-corrected chi connectivity index (χ2v) is 6.49.